The lowest BCUT2D eigenvalue weighted by molar-refractivity contribution is -0.119. The normalized spacial score (nSPS) is 19.2. The summed E-state index contributed by atoms with van der Waals surface area (Å²) in [5.74, 6) is -1.01. The lowest BCUT2D eigenvalue weighted by atomic mass is 10.2. The Hall–Kier alpha value is -2.04. The van der Waals surface area contributed by atoms with Crippen molar-refractivity contribution in [2.75, 3.05) is 56.2 Å². The molecule has 1 aromatic rings. The van der Waals surface area contributed by atoms with Crippen LogP contribution < -0.4 is 15.1 Å². The molecule has 8 nitrogen and oxygen atoms in total. The number of amides is 2. The molecule has 2 fully saturated rings. The smallest absolute Gasteiger partial charge is 0.414 e. The van der Waals surface area contributed by atoms with Gasteiger partial charge in [0.25, 0.3) is 11.1 Å². The number of nitrogens with zero attached hydrogens (tertiary/aromatic N) is 3. The zero-order chi connectivity index (χ0) is 21.8. The first-order chi connectivity index (χ1) is 14.3. The van der Waals surface area contributed by atoms with Gasteiger partial charge in [-0.25, -0.2) is 9.18 Å². The van der Waals surface area contributed by atoms with Crippen LogP contribution in [0.25, 0.3) is 0 Å². The number of ether oxygens (including phenoxy) is 2. The minimum absolute atomic E-state index is 0.0607. The molecule has 3 rings (SSSR count). The third kappa shape index (κ3) is 5.16. The lowest BCUT2D eigenvalue weighted by Gasteiger charge is -2.36. The molecule has 1 aromatic carbocycles. The molecule has 0 aromatic heterocycles. The fraction of sp³-hybridized carbons (Fsp3) is 0.500. The highest BCUT2D eigenvalue weighted by atomic mass is 35.5. The summed E-state index contributed by atoms with van der Waals surface area (Å²) in [5, 5.41) is 2.91. The molecule has 0 spiro atoms. The van der Waals surface area contributed by atoms with Crippen molar-refractivity contribution in [1.82, 2.24) is 10.2 Å². The van der Waals surface area contributed by atoms with Gasteiger partial charge in [0, 0.05) is 26.2 Å². The summed E-state index contributed by atoms with van der Waals surface area (Å²) in [5.41, 5.74) is 0.829. The SMILES string of the molecule is COC(=S)N1CCN(c2ccc(N3CC(CNC(=O)C(Cl)Cl)OC3=O)cc2F)CC1. The molecule has 0 aliphatic carbocycles. The van der Waals surface area contributed by atoms with Gasteiger partial charge in [0.1, 0.15) is 11.9 Å². The maximum absolute atomic E-state index is 14.8. The van der Waals surface area contributed by atoms with Crippen molar-refractivity contribution in [3.05, 3.63) is 24.0 Å². The number of alkyl halides is 2. The van der Waals surface area contributed by atoms with Crippen LogP contribution in [0.1, 0.15) is 0 Å². The van der Waals surface area contributed by atoms with Gasteiger partial charge in [-0.1, -0.05) is 23.2 Å². The number of thiocarbonyl (C=S) groups is 1. The van der Waals surface area contributed by atoms with Gasteiger partial charge >= 0.3 is 6.09 Å². The molecule has 1 N–H and O–H groups in total. The highest BCUT2D eigenvalue weighted by Crippen LogP contribution is 2.28. The van der Waals surface area contributed by atoms with E-state index in [4.69, 9.17) is 44.9 Å². The van der Waals surface area contributed by atoms with Crippen LogP contribution in [0.15, 0.2) is 18.2 Å². The molecule has 2 heterocycles. The van der Waals surface area contributed by atoms with E-state index in [1.54, 1.807) is 12.1 Å². The van der Waals surface area contributed by atoms with Crippen molar-refractivity contribution in [3.8, 4) is 0 Å². The van der Waals surface area contributed by atoms with Crippen LogP contribution in [0.5, 0.6) is 0 Å². The Morgan fingerprint density at radius 1 is 1.37 bits per heavy atom. The van der Waals surface area contributed by atoms with Crippen molar-refractivity contribution in [2.24, 2.45) is 0 Å². The summed E-state index contributed by atoms with van der Waals surface area (Å²) < 4.78 is 25.1. The molecule has 164 valence electrons. The van der Waals surface area contributed by atoms with E-state index < -0.39 is 28.8 Å². The third-order valence-electron chi connectivity index (χ3n) is 4.87. The first-order valence-electron chi connectivity index (χ1n) is 9.21. The van der Waals surface area contributed by atoms with Crippen LogP contribution in [-0.2, 0) is 14.3 Å². The first kappa shape index (κ1) is 22.6. The Bertz CT molecular complexity index is 823. The molecule has 0 bridgehead atoms. The first-order valence-corrected chi connectivity index (χ1v) is 10.5. The number of cyclic esters (lactones) is 1. The van der Waals surface area contributed by atoms with Gasteiger partial charge in [-0.15, -0.1) is 0 Å². The summed E-state index contributed by atoms with van der Waals surface area (Å²) in [4.78, 5) is 27.6. The molecule has 2 aliphatic heterocycles. The van der Waals surface area contributed by atoms with Crippen molar-refractivity contribution >= 4 is 64.0 Å². The Labute approximate surface area is 188 Å². The molecule has 2 amide bonds. The predicted octanol–water partition coefficient (Wildman–Crippen LogP) is 2.12. The second-order valence-electron chi connectivity index (χ2n) is 6.74. The van der Waals surface area contributed by atoms with E-state index in [9.17, 15) is 14.0 Å². The fourth-order valence-corrected chi connectivity index (χ4v) is 3.65. The van der Waals surface area contributed by atoms with Crippen molar-refractivity contribution in [1.29, 1.82) is 0 Å². The molecule has 30 heavy (non-hydrogen) atoms. The standard InChI is InChI=1S/C18H21Cl2FN4O4S/c1-28-18(30)24-6-4-23(5-7-24)14-3-2-11(8-13(14)21)25-10-12(29-17(25)27)9-22-16(26)15(19)20/h2-3,8,12,15H,4-7,9-10H2,1H3,(H,22,26). The van der Waals surface area contributed by atoms with Crippen LogP contribution in [0, 0.1) is 5.82 Å². The molecule has 2 saturated heterocycles. The molecule has 1 atom stereocenters. The Balaban J connectivity index is 1.61. The maximum atomic E-state index is 14.8. The zero-order valence-electron chi connectivity index (χ0n) is 16.1. The van der Waals surface area contributed by atoms with Crippen LogP contribution >= 0.6 is 35.4 Å². The minimum Gasteiger partial charge on any atom is -0.474 e. The largest absolute Gasteiger partial charge is 0.474 e. The number of nitrogens with one attached hydrogen (secondary N) is 1. The van der Waals surface area contributed by atoms with E-state index in [0.717, 1.165) is 0 Å². The summed E-state index contributed by atoms with van der Waals surface area (Å²) in [6.07, 6.45) is -1.20. The Morgan fingerprint density at radius 3 is 2.67 bits per heavy atom. The Morgan fingerprint density at radius 2 is 2.07 bits per heavy atom. The van der Waals surface area contributed by atoms with Gasteiger partial charge in [0.15, 0.2) is 4.84 Å². The number of rotatable bonds is 5. The number of anilines is 2. The average Bonchev–Trinajstić information content (AvgIpc) is 3.12. The maximum Gasteiger partial charge on any atom is 0.414 e. The molecular formula is C18H21Cl2FN4O4S. The van der Waals surface area contributed by atoms with Crippen LogP contribution in [0.4, 0.5) is 20.6 Å². The van der Waals surface area contributed by atoms with Gasteiger partial charge in [0.05, 0.1) is 31.6 Å². The summed E-state index contributed by atoms with van der Waals surface area (Å²) >= 11 is 16.1. The van der Waals surface area contributed by atoms with Gasteiger partial charge in [-0.3, -0.25) is 9.69 Å². The number of methoxy groups -OCH3 is 1. The van der Waals surface area contributed by atoms with Crippen molar-refractivity contribution in [3.63, 3.8) is 0 Å². The number of benzene rings is 1. The van der Waals surface area contributed by atoms with Gasteiger partial charge in [0.2, 0.25) is 0 Å². The van der Waals surface area contributed by atoms with Gasteiger partial charge in [-0.2, -0.15) is 0 Å². The van der Waals surface area contributed by atoms with E-state index in [0.29, 0.717) is 42.7 Å². The van der Waals surface area contributed by atoms with E-state index in [1.807, 2.05) is 9.80 Å². The highest BCUT2D eigenvalue weighted by molar-refractivity contribution is 7.80. The number of halogens is 3. The summed E-state index contributed by atoms with van der Waals surface area (Å²) in [7, 11) is 1.53. The second kappa shape index (κ2) is 9.84. The Kier molecular flexibility index (Phi) is 7.43. The number of hydrogen-bond donors (Lipinski definition) is 1. The molecule has 2 aliphatic rings. The quantitative estimate of drug-likeness (QED) is 0.513. The highest BCUT2D eigenvalue weighted by Gasteiger charge is 2.33. The predicted molar refractivity (Wildman–Crippen MR) is 116 cm³/mol. The third-order valence-corrected chi connectivity index (χ3v) is 5.69. The summed E-state index contributed by atoms with van der Waals surface area (Å²) in [6.45, 7) is 2.67. The van der Waals surface area contributed by atoms with Crippen LogP contribution in [-0.4, -0.2) is 79.4 Å². The van der Waals surface area contributed by atoms with Gasteiger partial charge in [-0.05, 0) is 30.4 Å². The number of piperazine rings is 1. The minimum atomic E-state index is -1.20. The molecular weight excluding hydrogens is 458 g/mol. The second-order valence-corrected chi connectivity index (χ2v) is 8.19. The van der Waals surface area contributed by atoms with E-state index in [-0.39, 0.29) is 13.1 Å². The van der Waals surface area contributed by atoms with E-state index in [1.165, 1.54) is 18.1 Å². The van der Waals surface area contributed by atoms with Crippen LogP contribution in [0.3, 0.4) is 0 Å². The number of hydrogen-bond acceptors (Lipinski definition) is 6. The molecule has 12 heteroatoms. The van der Waals surface area contributed by atoms with E-state index >= 15 is 0 Å². The summed E-state index contributed by atoms with van der Waals surface area (Å²) in [6, 6.07) is 4.61. The average molecular weight is 479 g/mol. The van der Waals surface area contributed by atoms with Crippen molar-refractivity contribution < 1.29 is 23.5 Å². The molecule has 0 radical (unpaired) electrons. The van der Waals surface area contributed by atoms with Gasteiger partial charge < -0.3 is 24.6 Å². The molecule has 1 unspecified atom stereocenters. The topological polar surface area (TPSA) is 74.3 Å². The zero-order valence-corrected chi connectivity index (χ0v) is 18.5. The van der Waals surface area contributed by atoms with Crippen LogP contribution in [0.2, 0.25) is 0 Å². The fourth-order valence-electron chi connectivity index (χ4n) is 3.31. The lowest BCUT2D eigenvalue weighted by Crippen LogP contribution is -2.48. The monoisotopic (exact) mass is 478 g/mol. The van der Waals surface area contributed by atoms with Crippen molar-refractivity contribution in [2.45, 2.75) is 10.9 Å². The molecule has 0 saturated carbocycles. The number of carbonyl (C=O) groups excluding carboxylic acids is 2. The van der Waals surface area contributed by atoms with E-state index in [2.05, 4.69) is 5.32 Å². The number of carbonyl (C=O) groups is 2.